The van der Waals surface area contributed by atoms with Crippen LogP contribution >= 0.6 is 11.3 Å². The molecule has 3 aromatic carbocycles. The molecule has 0 bridgehead atoms. The van der Waals surface area contributed by atoms with Crippen molar-refractivity contribution in [3.63, 3.8) is 0 Å². The van der Waals surface area contributed by atoms with Gasteiger partial charge in [0.25, 0.3) is 0 Å². The maximum Gasteiger partial charge on any atom is 0.234 e. The van der Waals surface area contributed by atoms with Gasteiger partial charge >= 0.3 is 0 Å². The first-order valence-corrected chi connectivity index (χ1v) is 35.6. The first kappa shape index (κ1) is 74.3. The average Bonchev–Trinajstić information content (AvgIpc) is 1.69. The lowest BCUT2D eigenvalue weighted by molar-refractivity contribution is -0.140. The van der Waals surface area contributed by atoms with Crippen molar-refractivity contribution in [3.8, 4) is 33.1 Å². The van der Waals surface area contributed by atoms with Gasteiger partial charge in [0.1, 0.15) is 23.2 Å². The predicted molar refractivity (Wildman–Crippen MR) is 376 cm³/mol. The molecule has 6 aromatic heterocycles. The van der Waals surface area contributed by atoms with E-state index in [0.29, 0.717) is 59.4 Å². The molecule has 12 atom stereocenters. The highest BCUT2D eigenvalue weighted by Gasteiger charge is 2.46. The molecule has 9 aromatic rings. The van der Waals surface area contributed by atoms with Crippen LogP contribution in [0.5, 0.6) is 0 Å². The summed E-state index contributed by atoms with van der Waals surface area (Å²) < 4.78 is 26.8. The molecule has 23 nitrogen and oxygen atoms in total. The molecule has 3 saturated heterocycles. The lowest BCUT2D eigenvalue weighted by Gasteiger charge is -2.29. The Morgan fingerprint density at radius 3 is 1.26 bits per heavy atom. The lowest BCUT2D eigenvalue weighted by Crippen LogP contribution is -2.44. The summed E-state index contributed by atoms with van der Waals surface area (Å²) >= 11 is 1.59. The summed E-state index contributed by atoms with van der Waals surface area (Å²) in [4.78, 5) is 97.9. The Balaban J connectivity index is 0.000000163. The van der Waals surface area contributed by atoms with Crippen molar-refractivity contribution in [1.29, 1.82) is 0 Å². The largest absolute Gasteiger partial charge is 0.444 e. The Bertz CT molecular complexity index is 4040. The van der Waals surface area contributed by atoms with Gasteiger partial charge in [0.2, 0.25) is 17.7 Å². The molecule has 9 heterocycles. The Morgan fingerprint density at radius 2 is 0.911 bits per heavy atom. The van der Waals surface area contributed by atoms with Crippen LogP contribution in [-0.2, 0) is 28.8 Å². The zero-order valence-corrected chi connectivity index (χ0v) is 59.9. The van der Waals surface area contributed by atoms with Crippen molar-refractivity contribution in [2.45, 2.75) is 199 Å². The number of ketones is 3. The number of oxazole rings is 2. The molecule has 0 saturated carbocycles. The minimum absolute atomic E-state index is 0.00148. The van der Waals surface area contributed by atoms with Gasteiger partial charge in [0.15, 0.2) is 41.7 Å². The standard InChI is InChI=1S/C27H33N3O5.C25H29N3O5.C25H29N3O4S/c1-15(2)25(24-11-17(4)29-35-24)27(33)30-13-21(31)12-22(30)23(32)10-16(3)19-6-8-20(9-7-19)26-18(5)28-14-34-26;1-4-20(23-10-16(3)27-33-23)25(31)28-13-19(29)11-21(28)22(30)9-15(2)17-5-7-18(8-6-17)24-12-26-14-32-24;1-4-20(23-10-16(3)27-32-23)25(31)28-13-19(29)11-21(28)22(30)9-15(2)17-5-7-18(8-6-17)24-12-26-14-33-24/h6-9,11,14-16,21-22,25,31H,10,12-13H2,1-5H3;2*5-8,10,12,14-15,19-21,29H,4,9,11,13H2,1-3H3/t16-,21-,22+,25-;2*15-,19-,20-,21+/m111/s1. The van der Waals surface area contributed by atoms with Gasteiger partial charge in [-0.2, -0.15) is 0 Å². The van der Waals surface area contributed by atoms with E-state index in [4.69, 9.17) is 22.4 Å². The topological polar surface area (TPSA) is 316 Å². The van der Waals surface area contributed by atoms with Gasteiger partial charge in [-0.25, -0.2) is 9.97 Å². The number of amides is 3. The third kappa shape index (κ3) is 17.9. The number of carbonyl (C=O) groups is 6. The number of likely N-dealkylation sites (tertiary alicyclic amines) is 3. The van der Waals surface area contributed by atoms with Crippen LogP contribution in [0.25, 0.3) is 33.1 Å². The van der Waals surface area contributed by atoms with Crippen molar-refractivity contribution in [2.24, 2.45) is 5.92 Å². The number of β-amino-alcohol motifs (C(OH)–C–C–N with tert-alkyl or cyclic N) is 3. The summed E-state index contributed by atoms with van der Waals surface area (Å²) in [5.74, 6) is 0.487. The highest BCUT2D eigenvalue weighted by atomic mass is 32.1. The fourth-order valence-corrected chi connectivity index (χ4v) is 14.5. The molecular weight excluding hydrogens is 1310 g/mol. The number of aryl methyl sites for hydroxylation is 4. The molecule has 3 amide bonds. The quantitative estimate of drug-likeness (QED) is 0.0506. The predicted octanol–water partition coefficient (Wildman–Crippen LogP) is 12.6. The monoisotopic (exact) mass is 1400 g/mol. The fraction of sp³-hybridized carbons (Fsp3) is 0.455. The van der Waals surface area contributed by atoms with Crippen LogP contribution in [0.2, 0.25) is 0 Å². The van der Waals surface area contributed by atoms with Gasteiger partial charge in [-0.05, 0) is 86.5 Å². The minimum Gasteiger partial charge on any atom is -0.444 e. The molecule has 101 heavy (non-hydrogen) atoms. The Morgan fingerprint density at radius 1 is 0.505 bits per heavy atom. The van der Waals surface area contributed by atoms with E-state index in [1.54, 1.807) is 66.9 Å². The Kier molecular flexibility index (Phi) is 24.6. The number of carbonyl (C=O) groups excluding carboxylic acids is 6. The van der Waals surface area contributed by atoms with E-state index in [0.717, 1.165) is 49.7 Å². The number of Topliss-reactive ketones (excluding diaryl/α,β-unsaturated/α-hetero) is 3. The van der Waals surface area contributed by atoms with Crippen LogP contribution in [-0.4, -0.2) is 152 Å². The van der Waals surface area contributed by atoms with Crippen molar-refractivity contribution in [1.82, 2.24) is 45.1 Å². The SMILES string of the molecule is CC[C@@H](C(=O)N1C[C@H](O)C[C@H]1C(=O)C[C@@H](C)c1ccc(-c2cnco2)cc1)c1cc(C)no1.CC[C@@H](C(=O)N1C[C@H](O)C[C@H]1C(=O)C[C@@H](C)c1ccc(-c2cncs2)cc1)c1cc(C)no1.Cc1cc([C@H](C(=O)N2C[C@H](O)C[C@H]2C(=O)C[C@@H](C)c2ccc(-c3ocnc3C)cc2)C(C)C)on1. The zero-order valence-electron chi connectivity index (χ0n) is 59.1. The van der Waals surface area contributed by atoms with E-state index in [1.807, 2.05) is 134 Å². The van der Waals surface area contributed by atoms with Crippen molar-refractivity contribution >= 4 is 46.4 Å². The van der Waals surface area contributed by atoms with Crippen LogP contribution in [0.15, 0.2) is 144 Å². The van der Waals surface area contributed by atoms with E-state index in [1.165, 1.54) is 22.6 Å². The van der Waals surface area contributed by atoms with Crippen LogP contribution in [0.1, 0.15) is 192 Å². The Labute approximate surface area is 591 Å². The first-order chi connectivity index (χ1) is 48.4. The third-order valence-electron chi connectivity index (χ3n) is 19.5. The molecular formula is C77H91N9O14S. The maximum absolute atomic E-state index is 13.6. The molecule has 12 rings (SSSR count). The van der Waals surface area contributed by atoms with Crippen molar-refractivity contribution < 1.29 is 66.5 Å². The Hall–Kier alpha value is -9.36. The molecule has 534 valence electrons. The van der Waals surface area contributed by atoms with Gasteiger partial charge in [-0.3, -0.25) is 33.8 Å². The normalized spacial score (nSPS) is 20.0. The van der Waals surface area contributed by atoms with Gasteiger partial charge in [0.05, 0.1) is 87.6 Å². The summed E-state index contributed by atoms with van der Waals surface area (Å²) in [6, 6.07) is 27.3. The number of thiazole rings is 1. The second-order valence-electron chi connectivity index (χ2n) is 27.5. The van der Waals surface area contributed by atoms with E-state index in [2.05, 4.69) is 30.4 Å². The molecule has 3 aliphatic rings. The number of aliphatic hydroxyl groups excluding tert-OH is 3. The van der Waals surface area contributed by atoms with E-state index >= 15 is 0 Å². The van der Waals surface area contributed by atoms with Gasteiger partial charge in [0, 0.05) is 93.7 Å². The first-order valence-electron chi connectivity index (χ1n) is 34.7. The number of hydrogen-bond donors (Lipinski definition) is 3. The van der Waals surface area contributed by atoms with E-state index in [-0.39, 0.29) is 110 Å². The second kappa shape index (κ2) is 33.4. The maximum atomic E-state index is 13.6. The third-order valence-corrected chi connectivity index (χ3v) is 20.3. The molecule has 3 fully saturated rings. The van der Waals surface area contributed by atoms with E-state index in [9.17, 15) is 44.1 Å². The molecule has 3 N–H and O–H groups in total. The summed E-state index contributed by atoms with van der Waals surface area (Å²) in [5.41, 5.74) is 10.8. The van der Waals surface area contributed by atoms with Crippen molar-refractivity contribution in [2.75, 3.05) is 19.6 Å². The molecule has 0 aliphatic carbocycles. The minimum atomic E-state index is -0.725. The van der Waals surface area contributed by atoms with Crippen LogP contribution in [0.3, 0.4) is 0 Å². The number of benzene rings is 3. The molecule has 24 heteroatoms. The number of rotatable bonds is 24. The number of nitrogens with zero attached hydrogens (tertiary/aromatic N) is 9. The van der Waals surface area contributed by atoms with Gasteiger partial charge in [-0.1, -0.05) is 137 Å². The number of aliphatic hydroxyl groups is 3. The van der Waals surface area contributed by atoms with E-state index < -0.39 is 54.2 Å². The molecule has 0 unspecified atom stereocenters. The van der Waals surface area contributed by atoms with Gasteiger partial charge < -0.3 is 52.4 Å². The summed E-state index contributed by atoms with van der Waals surface area (Å²) in [6.07, 6.45) is 6.86. The smallest absolute Gasteiger partial charge is 0.234 e. The molecule has 0 radical (unpaired) electrons. The summed E-state index contributed by atoms with van der Waals surface area (Å²) in [5, 5.41) is 42.6. The second-order valence-corrected chi connectivity index (χ2v) is 28.4. The lowest BCUT2D eigenvalue weighted by atomic mass is 9.89. The highest BCUT2D eigenvalue weighted by molar-refractivity contribution is 7.13. The zero-order chi connectivity index (χ0) is 72.3. The van der Waals surface area contributed by atoms with Crippen LogP contribution < -0.4 is 0 Å². The summed E-state index contributed by atoms with van der Waals surface area (Å²) in [6.45, 7) is 21.5. The van der Waals surface area contributed by atoms with Gasteiger partial charge in [-0.15, -0.1) is 11.3 Å². The summed E-state index contributed by atoms with van der Waals surface area (Å²) in [7, 11) is 0. The van der Waals surface area contributed by atoms with Crippen LogP contribution in [0.4, 0.5) is 0 Å². The molecule has 3 aliphatic heterocycles. The number of aromatic nitrogens is 6. The highest BCUT2D eigenvalue weighted by Crippen LogP contribution is 2.37. The number of hydrogen-bond acceptors (Lipinski definition) is 21. The average molecular weight is 1400 g/mol. The van der Waals surface area contributed by atoms with Crippen molar-refractivity contribution in [3.05, 3.63) is 178 Å². The fourth-order valence-electron chi connectivity index (χ4n) is 13.9. The van der Waals surface area contributed by atoms with Crippen LogP contribution in [0, 0.1) is 33.6 Å². The molecule has 0 spiro atoms.